The Bertz CT molecular complexity index is 662. The monoisotopic (exact) mass is 282 g/mol. The molecule has 4 rings (SSSR count). The molecule has 3 amide bonds. The number of hydrogen-bond acceptors (Lipinski definition) is 3. The summed E-state index contributed by atoms with van der Waals surface area (Å²) in [4.78, 5) is 37.5. The standard InChI is InChI=1S/C16H14N2O3/c17-14(19)8-3-5-11(6-4-8)18-15(20)12-9-1-2-10(7-9)13(12)16(18)21/h1-6,9-10,12-13H,7H2,(H2,17,19). The molecule has 1 aromatic carbocycles. The minimum atomic E-state index is -0.528. The van der Waals surface area contributed by atoms with Gasteiger partial charge in [-0.15, -0.1) is 0 Å². The second-order valence-electron chi connectivity index (χ2n) is 5.92. The van der Waals surface area contributed by atoms with Gasteiger partial charge in [-0.1, -0.05) is 12.2 Å². The van der Waals surface area contributed by atoms with Gasteiger partial charge in [0.25, 0.3) is 0 Å². The maximum atomic E-state index is 12.6. The van der Waals surface area contributed by atoms with E-state index in [4.69, 9.17) is 5.73 Å². The van der Waals surface area contributed by atoms with Gasteiger partial charge in [-0.3, -0.25) is 19.3 Å². The van der Waals surface area contributed by atoms with Gasteiger partial charge in [-0.2, -0.15) is 0 Å². The molecule has 106 valence electrons. The van der Waals surface area contributed by atoms with Crippen LogP contribution >= 0.6 is 0 Å². The Morgan fingerprint density at radius 3 is 2.00 bits per heavy atom. The highest BCUT2D eigenvalue weighted by molar-refractivity contribution is 6.22. The molecule has 2 bridgehead atoms. The summed E-state index contributed by atoms with van der Waals surface area (Å²) in [5.41, 5.74) is 6.07. The van der Waals surface area contributed by atoms with Crippen LogP contribution in [0, 0.1) is 23.7 Å². The van der Waals surface area contributed by atoms with Gasteiger partial charge < -0.3 is 5.73 Å². The highest BCUT2D eigenvalue weighted by atomic mass is 16.2. The maximum absolute atomic E-state index is 12.6. The minimum absolute atomic E-state index is 0.117. The first-order chi connectivity index (χ1) is 10.1. The Kier molecular flexibility index (Phi) is 2.37. The van der Waals surface area contributed by atoms with E-state index in [1.54, 1.807) is 24.3 Å². The SMILES string of the molecule is NC(=O)c1ccc(N2C(=O)C3C4C=CC(C4)C3C2=O)cc1. The molecule has 3 aliphatic rings. The quantitative estimate of drug-likeness (QED) is 0.651. The molecule has 1 saturated heterocycles. The largest absolute Gasteiger partial charge is 0.366 e. The van der Waals surface area contributed by atoms with Gasteiger partial charge in [0.15, 0.2) is 0 Å². The van der Waals surface area contributed by atoms with Gasteiger partial charge in [0.1, 0.15) is 0 Å². The number of imide groups is 1. The van der Waals surface area contributed by atoms with Crippen LogP contribution in [0.1, 0.15) is 16.8 Å². The molecular weight excluding hydrogens is 268 g/mol. The average Bonchev–Trinajstić information content (AvgIpc) is 3.13. The lowest BCUT2D eigenvalue weighted by Gasteiger charge is -2.17. The van der Waals surface area contributed by atoms with Gasteiger partial charge in [-0.05, 0) is 42.5 Å². The van der Waals surface area contributed by atoms with Crippen LogP contribution < -0.4 is 10.6 Å². The smallest absolute Gasteiger partial charge is 0.248 e. The number of anilines is 1. The van der Waals surface area contributed by atoms with Gasteiger partial charge >= 0.3 is 0 Å². The lowest BCUT2D eigenvalue weighted by molar-refractivity contribution is -0.123. The van der Waals surface area contributed by atoms with Crippen LogP contribution in [0.15, 0.2) is 36.4 Å². The summed E-state index contributed by atoms with van der Waals surface area (Å²) in [5.74, 6) is -0.772. The molecule has 1 saturated carbocycles. The number of hydrogen-bond donors (Lipinski definition) is 1. The summed E-state index contributed by atoms with van der Waals surface area (Å²) in [6.45, 7) is 0. The first-order valence-corrected chi connectivity index (χ1v) is 7.04. The van der Waals surface area contributed by atoms with E-state index in [1.165, 1.54) is 4.90 Å². The minimum Gasteiger partial charge on any atom is -0.366 e. The number of allylic oxidation sites excluding steroid dienone is 2. The van der Waals surface area contributed by atoms with E-state index in [1.807, 2.05) is 0 Å². The van der Waals surface area contributed by atoms with Gasteiger partial charge in [0, 0.05) is 5.56 Å². The zero-order chi connectivity index (χ0) is 14.7. The lowest BCUT2D eigenvalue weighted by Crippen LogP contribution is -2.32. The van der Waals surface area contributed by atoms with Crippen LogP contribution in [0.4, 0.5) is 5.69 Å². The van der Waals surface area contributed by atoms with E-state index in [-0.39, 0.29) is 35.5 Å². The second-order valence-corrected chi connectivity index (χ2v) is 5.92. The molecule has 2 aliphatic carbocycles. The van der Waals surface area contributed by atoms with Gasteiger partial charge in [0.05, 0.1) is 17.5 Å². The van der Waals surface area contributed by atoms with E-state index in [0.29, 0.717) is 11.3 Å². The number of carbonyl (C=O) groups excluding carboxylic acids is 3. The predicted molar refractivity (Wildman–Crippen MR) is 75.2 cm³/mol. The third-order valence-electron chi connectivity index (χ3n) is 4.88. The van der Waals surface area contributed by atoms with Crippen molar-refractivity contribution in [3.05, 3.63) is 42.0 Å². The fraction of sp³-hybridized carbons (Fsp3) is 0.312. The van der Waals surface area contributed by atoms with Crippen molar-refractivity contribution in [2.75, 3.05) is 4.90 Å². The topological polar surface area (TPSA) is 80.5 Å². The fourth-order valence-corrected chi connectivity index (χ4v) is 3.93. The summed E-state index contributed by atoms with van der Waals surface area (Å²) >= 11 is 0. The molecule has 5 nitrogen and oxygen atoms in total. The Morgan fingerprint density at radius 1 is 1.00 bits per heavy atom. The summed E-state index contributed by atoms with van der Waals surface area (Å²) < 4.78 is 0. The zero-order valence-corrected chi connectivity index (χ0v) is 11.2. The summed E-state index contributed by atoms with van der Waals surface area (Å²) in [6.07, 6.45) is 5.05. The van der Waals surface area contributed by atoms with E-state index in [0.717, 1.165) is 6.42 Å². The van der Waals surface area contributed by atoms with Crippen molar-refractivity contribution in [3.8, 4) is 0 Å². The molecule has 2 N–H and O–H groups in total. The van der Waals surface area contributed by atoms with Gasteiger partial charge in [-0.25, -0.2) is 0 Å². The Hall–Kier alpha value is -2.43. The number of fused-ring (bicyclic) bond motifs is 5. The third kappa shape index (κ3) is 1.54. The number of amides is 3. The first kappa shape index (κ1) is 12.3. The Labute approximate surface area is 121 Å². The number of nitrogens with zero attached hydrogens (tertiary/aromatic N) is 1. The summed E-state index contributed by atoms with van der Waals surface area (Å²) in [6, 6.07) is 6.29. The van der Waals surface area contributed by atoms with Gasteiger partial charge in [0.2, 0.25) is 17.7 Å². The van der Waals surface area contributed by atoms with Crippen molar-refractivity contribution >= 4 is 23.4 Å². The molecule has 2 fully saturated rings. The van der Waals surface area contributed by atoms with Crippen LogP contribution in [-0.4, -0.2) is 17.7 Å². The predicted octanol–water partition coefficient (Wildman–Crippen LogP) is 1.10. The molecule has 21 heavy (non-hydrogen) atoms. The van der Waals surface area contributed by atoms with Crippen molar-refractivity contribution in [2.45, 2.75) is 6.42 Å². The Morgan fingerprint density at radius 2 is 1.52 bits per heavy atom. The van der Waals surface area contributed by atoms with Crippen molar-refractivity contribution in [1.82, 2.24) is 0 Å². The highest BCUT2D eigenvalue weighted by Crippen LogP contribution is 2.53. The molecule has 0 radical (unpaired) electrons. The molecule has 4 unspecified atom stereocenters. The zero-order valence-electron chi connectivity index (χ0n) is 11.2. The number of primary amides is 1. The third-order valence-corrected chi connectivity index (χ3v) is 4.88. The first-order valence-electron chi connectivity index (χ1n) is 7.04. The highest BCUT2D eigenvalue weighted by Gasteiger charge is 2.59. The molecule has 0 aromatic heterocycles. The van der Waals surface area contributed by atoms with Crippen molar-refractivity contribution in [3.63, 3.8) is 0 Å². The van der Waals surface area contributed by atoms with Crippen molar-refractivity contribution < 1.29 is 14.4 Å². The second kappa shape index (κ2) is 4.04. The number of carbonyl (C=O) groups is 3. The molecule has 1 aliphatic heterocycles. The van der Waals surface area contributed by atoms with Crippen molar-refractivity contribution in [2.24, 2.45) is 29.4 Å². The number of benzene rings is 1. The lowest BCUT2D eigenvalue weighted by atomic mass is 9.85. The van der Waals surface area contributed by atoms with E-state index < -0.39 is 5.91 Å². The fourth-order valence-electron chi connectivity index (χ4n) is 3.93. The van der Waals surface area contributed by atoms with Crippen LogP contribution in [0.5, 0.6) is 0 Å². The van der Waals surface area contributed by atoms with Crippen LogP contribution in [0.25, 0.3) is 0 Å². The van der Waals surface area contributed by atoms with E-state index >= 15 is 0 Å². The summed E-state index contributed by atoms with van der Waals surface area (Å²) in [7, 11) is 0. The molecular formula is C16H14N2O3. The average molecular weight is 282 g/mol. The van der Waals surface area contributed by atoms with Crippen molar-refractivity contribution in [1.29, 1.82) is 0 Å². The molecule has 1 heterocycles. The van der Waals surface area contributed by atoms with Crippen LogP contribution in [0.2, 0.25) is 0 Å². The van der Waals surface area contributed by atoms with E-state index in [2.05, 4.69) is 12.2 Å². The van der Waals surface area contributed by atoms with Crippen LogP contribution in [-0.2, 0) is 9.59 Å². The maximum Gasteiger partial charge on any atom is 0.248 e. The van der Waals surface area contributed by atoms with Crippen LogP contribution in [0.3, 0.4) is 0 Å². The number of nitrogens with two attached hydrogens (primary N) is 1. The van der Waals surface area contributed by atoms with E-state index in [9.17, 15) is 14.4 Å². The molecule has 4 atom stereocenters. The number of rotatable bonds is 2. The molecule has 5 heteroatoms. The molecule has 1 aromatic rings. The molecule has 0 spiro atoms. The Balaban J connectivity index is 1.69. The normalized spacial score (nSPS) is 32.9. The summed E-state index contributed by atoms with van der Waals surface area (Å²) in [5, 5.41) is 0.